The van der Waals surface area contributed by atoms with Crippen molar-refractivity contribution in [2.24, 2.45) is 0 Å². The lowest BCUT2D eigenvalue weighted by molar-refractivity contribution is -0.119. The van der Waals surface area contributed by atoms with Crippen LogP contribution in [0.4, 0.5) is 4.39 Å². The van der Waals surface area contributed by atoms with E-state index in [0.29, 0.717) is 5.56 Å². The molecule has 0 aliphatic heterocycles. The van der Waals surface area contributed by atoms with Crippen LogP contribution >= 0.6 is 0 Å². The standard InChI is InChI=1S/C12H15FN2O2/c1-15(2)14-12(16)7-5-9-4-6-11(17-3)10(13)8-9/h4-8H,1-3H3,(H,14,16)/b7-5+. The van der Waals surface area contributed by atoms with E-state index in [4.69, 9.17) is 4.74 Å². The Labute approximate surface area is 99.7 Å². The Hall–Kier alpha value is -1.88. The van der Waals surface area contributed by atoms with Gasteiger partial charge >= 0.3 is 0 Å². The second-order valence-corrected chi connectivity index (χ2v) is 3.60. The van der Waals surface area contributed by atoms with Gasteiger partial charge in [0.25, 0.3) is 5.91 Å². The van der Waals surface area contributed by atoms with Gasteiger partial charge in [0, 0.05) is 20.2 Å². The summed E-state index contributed by atoms with van der Waals surface area (Å²) in [4.78, 5) is 11.3. The largest absolute Gasteiger partial charge is 0.494 e. The van der Waals surface area contributed by atoms with Gasteiger partial charge in [0.1, 0.15) is 0 Å². The molecule has 5 heteroatoms. The maximum absolute atomic E-state index is 13.3. The first-order chi connectivity index (χ1) is 8.02. The summed E-state index contributed by atoms with van der Waals surface area (Å²) in [5.74, 6) is -0.547. The van der Waals surface area contributed by atoms with Gasteiger partial charge in [-0.15, -0.1) is 0 Å². The summed E-state index contributed by atoms with van der Waals surface area (Å²) in [7, 11) is 4.82. The summed E-state index contributed by atoms with van der Waals surface area (Å²) in [6, 6.07) is 4.48. The lowest BCUT2D eigenvalue weighted by Crippen LogP contribution is -2.34. The van der Waals surface area contributed by atoms with Crippen LogP contribution in [-0.2, 0) is 4.79 Å². The van der Waals surface area contributed by atoms with Gasteiger partial charge in [-0.3, -0.25) is 10.2 Å². The third kappa shape index (κ3) is 4.24. The molecule has 1 aromatic carbocycles. The molecule has 0 atom stereocenters. The third-order valence-electron chi connectivity index (χ3n) is 1.94. The van der Waals surface area contributed by atoms with E-state index < -0.39 is 5.82 Å². The van der Waals surface area contributed by atoms with E-state index in [0.717, 1.165) is 0 Å². The van der Waals surface area contributed by atoms with Crippen LogP contribution in [0.25, 0.3) is 6.08 Å². The number of halogens is 1. The number of rotatable bonds is 4. The van der Waals surface area contributed by atoms with Crippen LogP contribution in [-0.4, -0.2) is 32.1 Å². The first-order valence-electron chi connectivity index (χ1n) is 5.02. The first kappa shape index (κ1) is 13.2. The Bertz CT molecular complexity index is 431. The van der Waals surface area contributed by atoms with E-state index >= 15 is 0 Å². The Kier molecular flexibility index (Phi) is 4.66. The maximum atomic E-state index is 13.3. The summed E-state index contributed by atoms with van der Waals surface area (Å²) < 4.78 is 18.1. The molecule has 0 heterocycles. The highest BCUT2D eigenvalue weighted by Crippen LogP contribution is 2.18. The number of ether oxygens (including phenoxy) is 1. The predicted molar refractivity (Wildman–Crippen MR) is 63.8 cm³/mol. The average molecular weight is 238 g/mol. The van der Waals surface area contributed by atoms with Gasteiger partial charge < -0.3 is 4.74 Å². The number of hydrogen-bond donors (Lipinski definition) is 1. The lowest BCUT2D eigenvalue weighted by atomic mass is 10.2. The molecule has 0 unspecified atom stereocenters. The highest BCUT2D eigenvalue weighted by molar-refractivity contribution is 5.91. The van der Waals surface area contributed by atoms with E-state index in [1.807, 2.05) is 0 Å². The van der Waals surface area contributed by atoms with Crippen molar-refractivity contribution in [3.63, 3.8) is 0 Å². The van der Waals surface area contributed by atoms with Crippen molar-refractivity contribution >= 4 is 12.0 Å². The smallest absolute Gasteiger partial charge is 0.258 e. The van der Waals surface area contributed by atoms with Crippen molar-refractivity contribution in [2.45, 2.75) is 0 Å². The fourth-order valence-corrected chi connectivity index (χ4v) is 1.22. The number of methoxy groups -OCH3 is 1. The van der Waals surface area contributed by atoms with Crippen LogP contribution in [0.15, 0.2) is 24.3 Å². The molecule has 0 fully saturated rings. The number of nitrogens with zero attached hydrogens (tertiary/aromatic N) is 1. The van der Waals surface area contributed by atoms with Gasteiger partial charge in [-0.2, -0.15) is 0 Å². The fraction of sp³-hybridized carbons (Fsp3) is 0.250. The van der Waals surface area contributed by atoms with E-state index in [-0.39, 0.29) is 11.7 Å². The van der Waals surface area contributed by atoms with E-state index in [9.17, 15) is 9.18 Å². The summed E-state index contributed by atoms with van der Waals surface area (Å²) in [5, 5.41) is 1.53. The normalized spacial score (nSPS) is 10.9. The van der Waals surface area contributed by atoms with Crippen molar-refractivity contribution in [2.75, 3.05) is 21.2 Å². The molecule has 0 radical (unpaired) electrons. The van der Waals surface area contributed by atoms with E-state index in [2.05, 4.69) is 5.43 Å². The molecular weight excluding hydrogens is 223 g/mol. The van der Waals surface area contributed by atoms with Gasteiger partial charge in [0.05, 0.1) is 7.11 Å². The third-order valence-corrected chi connectivity index (χ3v) is 1.94. The first-order valence-corrected chi connectivity index (χ1v) is 5.02. The molecule has 0 saturated heterocycles. The van der Waals surface area contributed by atoms with Crippen LogP contribution in [0.5, 0.6) is 5.75 Å². The minimum atomic E-state index is -0.456. The molecule has 0 aromatic heterocycles. The molecule has 0 aliphatic carbocycles. The monoisotopic (exact) mass is 238 g/mol. The van der Waals surface area contributed by atoms with Crippen LogP contribution in [0.2, 0.25) is 0 Å². The number of hydrazine groups is 1. The SMILES string of the molecule is COc1ccc(/C=C/C(=O)NN(C)C)cc1F. The second-order valence-electron chi connectivity index (χ2n) is 3.60. The lowest BCUT2D eigenvalue weighted by Gasteiger charge is -2.08. The van der Waals surface area contributed by atoms with Gasteiger partial charge in [-0.1, -0.05) is 6.07 Å². The van der Waals surface area contributed by atoms with Crippen LogP contribution in [0.3, 0.4) is 0 Å². The summed E-state index contributed by atoms with van der Waals surface area (Å²) in [6.07, 6.45) is 2.86. The van der Waals surface area contributed by atoms with E-state index in [1.165, 1.54) is 36.4 Å². The van der Waals surface area contributed by atoms with E-state index in [1.54, 1.807) is 20.2 Å². The number of nitrogens with one attached hydrogen (secondary N) is 1. The van der Waals surface area contributed by atoms with Crippen molar-refractivity contribution in [3.05, 3.63) is 35.7 Å². The fourth-order valence-electron chi connectivity index (χ4n) is 1.22. The van der Waals surface area contributed by atoms with Gasteiger partial charge in [0.2, 0.25) is 0 Å². The summed E-state index contributed by atoms with van der Waals surface area (Å²) in [5.41, 5.74) is 3.13. The zero-order chi connectivity index (χ0) is 12.8. The average Bonchev–Trinajstić information content (AvgIpc) is 2.25. The molecule has 1 aromatic rings. The molecule has 0 bridgehead atoms. The van der Waals surface area contributed by atoms with Crippen molar-refractivity contribution < 1.29 is 13.9 Å². The Morgan fingerprint density at radius 1 is 1.47 bits per heavy atom. The zero-order valence-electron chi connectivity index (χ0n) is 10.0. The molecular formula is C12H15FN2O2. The Balaban J connectivity index is 2.72. The zero-order valence-corrected chi connectivity index (χ0v) is 10.0. The second kappa shape index (κ2) is 6.00. The molecule has 92 valence electrons. The molecule has 1 rings (SSSR count). The quantitative estimate of drug-likeness (QED) is 0.637. The topological polar surface area (TPSA) is 41.6 Å². The molecule has 1 amide bonds. The van der Waals surface area contributed by atoms with Gasteiger partial charge in [0.15, 0.2) is 11.6 Å². The summed E-state index contributed by atoms with van der Waals surface area (Å²) in [6.45, 7) is 0. The molecule has 0 aliphatic rings. The minimum Gasteiger partial charge on any atom is -0.494 e. The molecule has 1 N–H and O–H groups in total. The van der Waals surface area contributed by atoms with Crippen molar-refractivity contribution in [1.82, 2.24) is 10.4 Å². The number of amides is 1. The van der Waals surface area contributed by atoms with Gasteiger partial charge in [-0.25, -0.2) is 9.40 Å². The van der Waals surface area contributed by atoms with Crippen molar-refractivity contribution in [3.8, 4) is 5.75 Å². The molecule has 17 heavy (non-hydrogen) atoms. The van der Waals surface area contributed by atoms with Crippen LogP contribution in [0, 0.1) is 5.82 Å². The highest BCUT2D eigenvalue weighted by Gasteiger charge is 2.02. The predicted octanol–water partition coefficient (Wildman–Crippen LogP) is 1.44. The Morgan fingerprint density at radius 2 is 2.18 bits per heavy atom. The van der Waals surface area contributed by atoms with Crippen LogP contribution < -0.4 is 10.2 Å². The van der Waals surface area contributed by atoms with Gasteiger partial charge in [-0.05, 0) is 23.8 Å². The minimum absolute atomic E-state index is 0.180. The molecule has 4 nitrogen and oxygen atoms in total. The van der Waals surface area contributed by atoms with Crippen LogP contribution in [0.1, 0.15) is 5.56 Å². The summed E-state index contributed by atoms with van der Waals surface area (Å²) >= 11 is 0. The highest BCUT2D eigenvalue weighted by atomic mass is 19.1. The maximum Gasteiger partial charge on any atom is 0.258 e. The molecule has 0 spiro atoms. The number of carbonyl (C=O) groups excluding carboxylic acids is 1. The van der Waals surface area contributed by atoms with Crippen molar-refractivity contribution in [1.29, 1.82) is 0 Å². The number of benzene rings is 1. The molecule has 0 saturated carbocycles. The number of carbonyl (C=O) groups is 1. The Morgan fingerprint density at radius 3 is 2.71 bits per heavy atom. The number of hydrogen-bond acceptors (Lipinski definition) is 3.